The van der Waals surface area contributed by atoms with Crippen LogP contribution < -0.4 is 14.9 Å². The molecule has 31 heavy (non-hydrogen) atoms. The fraction of sp³-hybridized carbons (Fsp3) is 0.400. The van der Waals surface area contributed by atoms with Gasteiger partial charge in [-0.1, -0.05) is 32.6 Å². The summed E-state index contributed by atoms with van der Waals surface area (Å²) in [5.74, 6) is 0.815. The SMILES string of the molecule is CCCCOc1ccc(C(=O)Oc2ccc(/C=N/NC(=O)C3CCCCC3)cc2)cc1. The molecule has 0 heterocycles. The predicted octanol–water partition coefficient (Wildman–Crippen LogP) is 5.12. The number of amides is 1. The summed E-state index contributed by atoms with van der Waals surface area (Å²) in [6, 6.07) is 13.9. The van der Waals surface area contributed by atoms with Gasteiger partial charge in [-0.2, -0.15) is 5.10 Å². The molecule has 0 atom stereocenters. The monoisotopic (exact) mass is 422 g/mol. The lowest BCUT2D eigenvalue weighted by molar-refractivity contribution is -0.125. The summed E-state index contributed by atoms with van der Waals surface area (Å²) in [4.78, 5) is 24.4. The fourth-order valence-corrected chi connectivity index (χ4v) is 3.44. The number of nitrogens with one attached hydrogen (secondary N) is 1. The second kappa shape index (κ2) is 11.9. The average molecular weight is 423 g/mol. The predicted molar refractivity (Wildman–Crippen MR) is 121 cm³/mol. The molecule has 1 fully saturated rings. The van der Waals surface area contributed by atoms with Crippen molar-refractivity contribution in [2.24, 2.45) is 11.0 Å². The third-order valence-corrected chi connectivity index (χ3v) is 5.31. The molecule has 0 bridgehead atoms. The maximum Gasteiger partial charge on any atom is 0.343 e. The summed E-state index contributed by atoms with van der Waals surface area (Å²) in [5.41, 5.74) is 3.88. The minimum atomic E-state index is -0.429. The van der Waals surface area contributed by atoms with E-state index in [0.717, 1.165) is 49.8 Å². The van der Waals surface area contributed by atoms with Crippen LogP contribution in [0.5, 0.6) is 11.5 Å². The number of unbranched alkanes of at least 4 members (excludes halogenated alkanes) is 1. The quantitative estimate of drug-likeness (QED) is 0.200. The van der Waals surface area contributed by atoms with Crippen molar-refractivity contribution in [1.82, 2.24) is 5.43 Å². The van der Waals surface area contributed by atoms with Crippen LogP contribution in [-0.2, 0) is 4.79 Å². The number of ether oxygens (including phenoxy) is 2. The van der Waals surface area contributed by atoms with Gasteiger partial charge < -0.3 is 9.47 Å². The van der Waals surface area contributed by atoms with E-state index >= 15 is 0 Å². The Morgan fingerprint density at radius 1 is 1.00 bits per heavy atom. The third-order valence-electron chi connectivity index (χ3n) is 5.31. The van der Waals surface area contributed by atoms with Crippen LogP contribution in [0.2, 0.25) is 0 Å². The summed E-state index contributed by atoms with van der Waals surface area (Å²) in [7, 11) is 0. The molecule has 164 valence electrons. The van der Waals surface area contributed by atoms with E-state index in [1.54, 1.807) is 54.7 Å². The molecule has 1 amide bonds. The average Bonchev–Trinajstić information content (AvgIpc) is 2.81. The van der Waals surface area contributed by atoms with Gasteiger partial charge in [-0.05, 0) is 73.4 Å². The molecule has 3 rings (SSSR count). The van der Waals surface area contributed by atoms with Crippen LogP contribution in [0.4, 0.5) is 0 Å². The van der Waals surface area contributed by atoms with Gasteiger partial charge in [0.05, 0.1) is 18.4 Å². The smallest absolute Gasteiger partial charge is 0.343 e. The molecule has 1 aliphatic rings. The molecular formula is C25H30N2O4. The zero-order valence-corrected chi connectivity index (χ0v) is 18.0. The van der Waals surface area contributed by atoms with Gasteiger partial charge in [-0.3, -0.25) is 4.79 Å². The van der Waals surface area contributed by atoms with Crippen LogP contribution in [0.1, 0.15) is 67.8 Å². The minimum Gasteiger partial charge on any atom is -0.494 e. The van der Waals surface area contributed by atoms with E-state index in [9.17, 15) is 9.59 Å². The van der Waals surface area contributed by atoms with Gasteiger partial charge in [0.25, 0.3) is 0 Å². The molecule has 0 unspecified atom stereocenters. The number of hydrogen-bond acceptors (Lipinski definition) is 5. The van der Waals surface area contributed by atoms with Gasteiger partial charge in [0.1, 0.15) is 11.5 Å². The molecular weight excluding hydrogens is 392 g/mol. The highest BCUT2D eigenvalue weighted by Crippen LogP contribution is 2.23. The van der Waals surface area contributed by atoms with Crippen molar-refractivity contribution >= 4 is 18.1 Å². The number of rotatable bonds is 9. The molecule has 0 radical (unpaired) electrons. The summed E-state index contributed by atoms with van der Waals surface area (Å²) in [6.07, 6.45) is 8.97. The molecule has 0 aromatic heterocycles. The molecule has 1 saturated carbocycles. The van der Waals surface area contributed by atoms with Crippen LogP contribution >= 0.6 is 0 Å². The number of carbonyl (C=O) groups is 2. The Bertz CT molecular complexity index is 869. The second-order valence-corrected chi connectivity index (χ2v) is 7.75. The van der Waals surface area contributed by atoms with Gasteiger partial charge in [0.2, 0.25) is 5.91 Å². The maximum atomic E-state index is 12.3. The van der Waals surface area contributed by atoms with Crippen molar-refractivity contribution in [3.8, 4) is 11.5 Å². The summed E-state index contributed by atoms with van der Waals surface area (Å²) < 4.78 is 11.0. The number of carbonyl (C=O) groups excluding carboxylic acids is 2. The van der Waals surface area contributed by atoms with E-state index < -0.39 is 5.97 Å². The van der Waals surface area contributed by atoms with E-state index in [0.29, 0.717) is 17.9 Å². The van der Waals surface area contributed by atoms with Crippen LogP contribution in [0.15, 0.2) is 53.6 Å². The standard InChI is InChI=1S/C25H30N2O4/c1-2-3-17-30-22-15-11-21(12-16-22)25(29)31-23-13-9-19(10-14-23)18-26-27-24(28)20-7-5-4-6-8-20/h9-16,18,20H,2-8,17H2,1H3,(H,27,28)/b26-18+. The summed E-state index contributed by atoms with van der Waals surface area (Å²) >= 11 is 0. The molecule has 0 aliphatic heterocycles. The highest BCUT2D eigenvalue weighted by atomic mass is 16.5. The number of esters is 1. The van der Waals surface area contributed by atoms with Crippen molar-refractivity contribution in [3.63, 3.8) is 0 Å². The Kier molecular flexibility index (Phi) is 8.64. The van der Waals surface area contributed by atoms with E-state index in [4.69, 9.17) is 9.47 Å². The largest absolute Gasteiger partial charge is 0.494 e. The zero-order chi connectivity index (χ0) is 21.9. The molecule has 2 aromatic rings. The first-order valence-corrected chi connectivity index (χ1v) is 11.0. The van der Waals surface area contributed by atoms with Gasteiger partial charge >= 0.3 is 5.97 Å². The summed E-state index contributed by atoms with van der Waals surface area (Å²) in [6.45, 7) is 2.78. The van der Waals surface area contributed by atoms with Gasteiger partial charge in [0, 0.05) is 5.92 Å². The van der Waals surface area contributed by atoms with E-state index in [1.807, 2.05) is 0 Å². The minimum absolute atomic E-state index is 0.0108. The van der Waals surface area contributed by atoms with Gasteiger partial charge in [0.15, 0.2) is 0 Å². The van der Waals surface area contributed by atoms with Crippen LogP contribution in [0.3, 0.4) is 0 Å². The first-order chi connectivity index (χ1) is 15.2. The Labute approximate surface area is 183 Å². The molecule has 1 aliphatic carbocycles. The topological polar surface area (TPSA) is 77.0 Å². The lowest BCUT2D eigenvalue weighted by atomic mass is 9.89. The summed E-state index contributed by atoms with van der Waals surface area (Å²) in [5, 5.41) is 4.05. The van der Waals surface area contributed by atoms with E-state index in [-0.39, 0.29) is 11.8 Å². The Morgan fingerprint density at radius 3 is 2.35 bits per heavy atom. The second-order valence-electron chi connectivity index (χ2n) is 7.75. The molecule has 6 heteroatoms. The highest BCUT2D eigenvalue weighted by molar-refractivity contribution is 5.91. The molecule has 0 saturated heterocycles. The van der Waals surface area contributed by atoms with Crippen molar-refractivity contribution in [3.05, 3.63) is 59.7 Å². The number of benzene rings is 2. The van der Waals surface area contributed by atoms with Crippen LogP contribution in [0, 0.1) is 5.92 Å². The van der Waals surface area contributed by atoms with Crippen molar-refractivity contribution in [1.29, 1.82) is 0 Å². The Balaban J connectivity index is 1.47. The van der Waals surface area contributed by atoms with Crippen LogP contribution in [-0.4, -0.2) is 24.7 Å². The third kappa shape index (κ3) is 7.24. The van der Waals surface area contributed by atoms with Crippen molar-refractivity contribution in [2.45, 2.75) is 51.9 Å². The highest BCUT2D eigenvalue weighted by Gasteiger charge is 2.20. The molecule has 6 nitrogen and oxygen atoms in total. The maximum absolute atomic E-state index is 12.3. The molecule has 2 aromatic carbocycles. The Morgan fingerprint density at radius 2 is 1.68 bits per heavy atom. The lowest BCUT2D eigenvalue weighted by Gasteiger charge is -2.19. The Hall–Kier alpha value is -3.15. The van der Waals surface area contributed by atoms with Crippen molar-refractivity contribution < 1.29 is 19.1 Å². The normalized spacial score (nSPS) is 14.4. The van der Waals surface area contributed by atoms with E-state index in [1.165, 1.54) is 6.42 Å². The lowest BCUT2D eigenvalue weighted by Crippen LogP contribution is -2.28. The van der Waals surface area contributed by atoms with Gasteiger partial charge in [-0.15, -0.1) is 0 Å². The fourth-order valence-electron chi connectivity index (χ4n) is 3.44. The first kappa shape index (κ1) is 22.5. The van der Waals surface area contributed by atoms with Crippen LogP contribution in [0.25, 0.3) is 0 Å². The molecule has 1 N–H and O–H groups in total. The number of hydrazone groups is 1. The molecule has 0 spiro atoms. The van der Waals surface area contributed by atoms with E-state index in [2.05, 4.69) is 17.5 Å². The number of hydrogen-bond donors (Lipinski definition) is 1. The first-order valence-electron chi connectivity index (χ1n) is 11.0. The number of nitrogens with zero attached hydrogens (tertiary/aromatic N) is 1. The van der Waals surface area contributed by atoms with Gasteiger partial charge in [-0.25, -0.2) is 10.2 Å². The van der Waals surface area contributed by atoms with Crippen molar-refractivity contribution in [2.75, 3.05) is 6.61 Å². The zero-order valence-electron chi connectivity index (χ0n) is 18.0.